The summed E-state index contributed by atoms with van der Waals surface area (Å²) in [6.45, 7) is 2.03. The van der Waals surface area contributed by atoms with Crippen LogP contribution in [-0.4, -0.2) is 14.8 Å². The minimum Gasteiger partial charge on any atom is -0.441 e. The first-order valence-electron chi connectivity index (χ1n) is 5.75. The van der Waals surface area contributed by atoms with E-state index >= 15 is 0 Å². The van der Waals surface area contributed by atoms with Gasteiger partial charge in [-0.15, -0.1) is 0 Å². The lowest BCUT2D eigenvalue weighted by atomic mass is 10.1. The molecule has 0 radical (unpaired) electrons. The van der Waals surface area contributed by atoms with E-state index in [1.165, 1.54) is 0 Å². The van der Waals surface area contributed by atoms with E-state index in [1.807, 2.05) is 26.1 Å². The minimum absolute atomic E-state index is 0.590. The second-order valence-corrected chi connectivity index (χ2v) is 4.58. The fourth-order valence-corrected chi connectivity index (χ4v) is 2.20. The average molecular weight is 262 g/mol. The standard InChI is InChI=1S/C13H12ClN3O/c1-3-9-6-15-13(18-9)10-4-8(14)5-12-11(10)7-16-17(12)2/h4-7H,3H2,1-2H3. The maximum absolute atomic E-state index is 6.13. The van der Waals surface area contributed by atoms with E-state index in [9.17, 15) is 0 Å². The molecule has 2 aromatic heterocycles. The maximum Gasteiger partial charge on any atom is 0.227 e. The summed E-state index contributed by atoms with van der Waals surface area (Å²) in [5.41, 5.74) is 1.85. The molecule has 0 saturated carbocycles. The topological polar surface area (TPSA) is 43.9 Å². The highest BCUT2D eigenvalue weighted by molar-refractivity contribution is 6.31. The number of rotatable bonds is 2. The second-order valence-electron chi connectivity index (χ2n) is 4.14. The molecule has 3 rings (SSSR count). The van der Waals surface area contributed by atoms with Crippen molar-refractivity contribution in [2.75, 3.05) is 0 Å². The molecule has 0 saturated heterocycles. The van der Waals surface area contributed by atoms with Crippen LogP contribution in [0, 0.1) is 0 Å². The van der Waals surface area contributed by atoms with Gasteiger partial charge < -0.3 is 4.42 Å². The fourth-order valence-electron chi connectivity index (χ4n) is 1.99. The zero-order valence-corrected chi connectivity index (χ0v) is 10.9. The van der Waals surface area contributed by atoms with Gasteiger partial charge in [-0.25, -0.2) is 4.98 Å². The third kappa shape index (κ3) is 1.69. The molecule has 18 heavy (non-hydrogen) atoms. The molecule has 0 spiro atoms. The lowest BCUT2D eigenvalue weighted by Gasteiger charge is -2.01. The van der Waals surface area contributed by atoms with Gasteiger partial charge in [0.2, 0.25) is 5.89 Å². The van der Waals surface area contributed by atoms with E-state index in [2.05, 4.69) is 10.1 Å². The molecule has 2 heterocycles. The third-order valence-corrected chi connectivity index (χ3v) is 3.18. The Kier molecular flexibility index (Phi) is 2.59. The molecule has 0 fully saturated rings. The molecule has 0 aliphatic carbocycles. The van der Waals surface area contributed by atoms with Crippen LogP contribution in [0.3, 0.4) is 0 Å². The largest absolute Gasteiger partial charge is 0.441 e. The molecule has 0 bridgehead atoms. The van der Waals surface area contributed by atoms with Crippen LogP contribution in [-0.2, 0) is 13.5 Å². The fraction of sp³-hybridized carbons (Fsp3) is 0.231. The van der Waals surface area contributed by atoms with Gasteiger partial charge in [-0.05, 0) is 12.1 Å². The Labute approximate surface area is 109 Å². The van der Waals surface area contributed by atoms with Crippen LogP contribution in [0.1, 0.15) is 12.7 Å². The van der Waals surface area contributed by atoms with E-state index in [0.717, 1.165) is 28.6 Å². The summed E-state index contributed by atoms with van der Waals surface area (Å²) in [6.07, 6.45) is 4.37. The zero-order valence-electron chi connectivity index (χ0n) is 10.1. The molecular formula is C13H12ClN3O. The summed E-state index contributed by atoms with van der Waals surface area (Å²) in [6, 6.07) is 3.74. The Morgan fingerprint density at radius 1 is 1.33 bits per heavy atom. The van der Waals surface area contributed by atoms with Crippen molar-refractivity contribution < 1.29 is 4.42 Å². The SMILES string of the molecule is CCc1cnc(-c2cc(Cl)cc3c2cnn3C)o1. The van der Waals surface area contributed by atoms with Gasteiger partial charge in [0.25, 0.3) is 0 Å². The lowest BCUT2D eigenvalue weighted by molar-refractivity contribution is 0.525. The van der Waals surface area contributed by atoms with Crippen molar-refractivity contribution in [3.05, 3.63) is 35.3 Å². The van der Waals surface area contributed by atoms with E-state index in [0.29, 0.717) is 10.9 Å². The molecule has 0 aliphatic heterocycles. The first-order chi connectivity index (χ1) is 8.69. The highest BCUT2D eigenvalue weighted by Gasteiger charge is 2.13. The van der Waals surface area contributed by atoms with Crippen LogP contribution >= 0.6 is 11.6 Å². The van der Waals surface area contributed by atoms with Gasteiger partial charge in [0, 0.05) is 29.4 Å². The van der Waals surface area contributed by atoms with Crippen molar-refractivity contribution in [1.29, 1.82) is 0 Å². The number of hydrogen-bond donors (Lipinski definition) is 0. The summed E-state index contributed by atoms with van der Waals surface area (Å²) in [7, 11) is 1.88. The molecule has 0 N–H and O–H groups in total. The molecule has 3 aromatic rings. The zero-order chi connectivity index (χ0) is 12.7. The van der Waals surface area contributed by atoms with Crippen molar-refractivity contribution in [1.82, 2.24) is 14.8 Å². The van der Waals surface area contributed by atoms with E-state index < -0.39 is 0 Å². The molecule has 0 aliphatic rings. The highest BCUT2D eigenvalue weighted by atomic mass is 35.5. The normalized spacial score (nSPS) is 11.3. The van der Waals surface area contributed by atoms with Crippen molar-refractivity contribution in [3.8, 4) is 11.5 Å². The number of benzene rings is 1. The van der Waals surface area contributed by atoms with Crippen LogP contribution < -0.4 is 0 Å². The van der Waals surface area contributed by atoms with Crippen molar-refractivity contribution in [3.63, 3.8) is 0 Å². The molecule has 92 valence electrons. The first kappa shape index (κ1) is 11.3. The van der Waals surface area contributed by atoms with Gasteiger partial charge in [-0.3, -0.25) is 4.68 Å². The number of oxazole rings is 1. The van der Waals surface area contributed by atoms with Crippen molar-refractivity contribution >= 4 is 22.5 Å². The Morgan fingerprint density at radius 3 is 2.89 bits per heavy atom. The molecule has 5 heteroatoms. The Balaban J connectivity index is 2.27. The van der Waals surface area contributed by atoms with Crippen molar-refractivity contribution in [2.24, 2.45) is 7.05 Å². The molecular weight excluding hydrogens is 250 g/mol. The average Bonchev–Trinajstić information content (AvgIpc) is 2.96. The predicted molar refractivity (Wildman–Crippen MR) is 70.6 cm³/mol. The number of halogens is 1. The minimum atomic E-state index is 0.590. The summed E-state index contributed by atoms with van der Waals surface area (Å²) < 4.78 is 7.47. The highest BCUT2D eigenvalue weighted by Crippen LogP contribution is 2.31. The van der Waals surface area contributed by atoms with E-state index in [4.69, 9.17) is 16.0 Å². The number of hydrogen-bond acceptors (Lipinski definition) is 3. The molecule has 1 aromatic carbocycles. The second kappa shape index (κ2) is 4.14. The summed E-state index contributed by atoms with van der Waals surface area (Å²) in [5.74, 6) is 1.45. The van der Waals surface area contributed by atoms with Gasteiger partial charge in [-0.1, -0.05) is 18.5 Å². The van der Waals surface area contributed by atoms with Gasteiger partial charge in [0.05, 0.1) is 17.9 Å². The number of nitrogens with zero attached hydrogens (tertiary/aromatic N) is 3. The summed E-state index contributed by atoms with van der Waals surface area (Å²) >= 11 is 6.13. The Hall–Kier alpha value is -1.81. The molecule has 4 nitrogen and oxygen atoms in total. The van der Waals surface area contributed by atoms with Gasteiger partial charge >= 0.3 is 0 Å². The quantitative estimate of drug-likeness (QED) is 0.710. The smallest absolute Gasteiger partial charge is 0.227 e. The monoisotopic (exact) mass is 261 g/mol. The van der Waals surface area contributed by atoms with Crippen LogP contribution in [0.25, 0.3) is 22.4 Å². The van der Waals surface area contributed by atoms with Crippen LogP contribution in [0.15, 0.2) is 28.9 Å². The third-order valence-electron chi connectivity index (χ3n) is 2.96. The molecule has 0 amide bonds. The van der Waals surface area contributed by atoms with E-state index in [-0.39, 0.29) is 0 Å². The van der Waals surface area contributed by atoms with Crippen LogP contribution in [0.2, 0.25) is 5.02 Å². The van der Waals surface area contributed by atoms with Crippen LogP contribution in [0.4, 0.5) is 0 Å². The van der Waals surface area contributed by atoms with Gasteiger partial charge in [-0.2, -0.15) is 5.10 Å². The first-order valence-corrected chi connectivity index (χ1v) is 6.13. The lowest BCUT2D eigenvalue weighted by Crippen LogP contribution is -1.89. The van der Waals surface area contributed by atoms with Gasteiger partial charge in [0.1, 0.15) is 5.76 Å². The van der Waals surface area contributed by atoms with E-state index in [1.54, 1.807) is 17.1 Å². The summed E-state index contributed by atoms with van der Waals surface area (Å²) in [5, 5.41) is 5.88. The number of aromatic nitrogens is 3. The summed E-state index contributed by atoms with van der Waals surface area (Å²) in [4.78, 5) is 4.30. The predicted octanol–water partition coefficient (Wildman–Crippen LogP) is 3.44. The van der Waals surface area contributed by atoms with Crippen molar-refractivity contribution in [2.45, 2.75) is 13.3 Å². The Bertz CT molecular complexity index is 714. The van der Waals surface area contributed by atoms with Crippen LogP contribution in [0.5, 0.6) is 0 Å². The molecule has 0 atom stereocenters. The Morgan fingerprint density at radius 2 is 2.17 bits per heavy atom. The number of fused-ring (bicyclic) bond motifs is 1. The maximum atomic E-state index is 6.13. The van der Waals surface area contributed by atoms with Gasteiger partial charge in [0.15, 0.2) is 0 Å². The number of aryl methyl sites for hydroxylation is 2. The molecule has 0 unspecified atom stereocenters.